The zero-order chi connectivity index (χ0) is 19.0. The molecule has 0 spiro atoms. The fourth-order valence-corrected chi connectivity index (χ4v) is 3.51. The number of hydrogen-bond acceptors (Lipinski definition) is 4. The van der Waals surface area contributed by atoms with Gasteiger partial charge in [-0.05, 0) is 32.8 Å². The molecule has 2 rings (SSSR count). The van der Waals surface area contributed by atoms with E-state index in [1.54, 1.807) is 21.3 Å². The first kappa shape index (κ1) is 24.0. The lowest BCUT2D eigenvalue weighted by Gasteiger charge is -2.39. The van der Waals surface area contributed by atoms with Crippen molar-refractivity contribution >= 4 is 29.9 Å². The van der Waals surface area contributed by atoms with E-state index in [2.05, 4.69) is 47.7 Å². The summed E-state index contributed by atoms with van der Waals surface area (Å²) in [5, 5.41) is 6.88. The maximum Gasteiger partial charge on any atom is 0.191 e. The molecule has 1 atom stereocenters. The van der Waals surface area contributed by atoms with Gasteiger partial charge in [-0.15, -0.1) is 24.0 Å². The third-order valence-electron chi connectivity index (χ3n) is 4.99. The smallest absolute Gasteiger partial charge is 0.191 e. The van der Waals surface area contributed by atoms with Crippen molar-refractivity contribution in [2.45, 2.75) is 38.1 Å². The maximum absolute atomic E-state index is 5.68. The molecular formula is C20H34IN3O3. The van der Waals surface area contributed by atoms with Crippen LogP contribution < -0.4 is 15.4 Å². The molecule has 0 bridgehead atoms. The van der Waals surface area contributed by atoms with E-state index in [9.17, 15) is 0 Å². The predicted octanol–water partition coefficient (Wildman–Crippen LogP) is 2.87. The van der Waals surface area contributed by atoms with Crippen LogP contribution in [0.2, 0.25) is 0 Å². The fourth-order valence-electron chi connectivity index (χ4n) is 3.51. The summed E-state index contributed by atoms with van der Waals surface area (Å²) in [5.41, 5.74) is 2.44. The van der Waals surface area contributed by atoms with Crippen LogP contribution in [0.25, 0.3) is 0 Å². The van der Waals surface area contributed by atoms with E-state index < -0.39 is 0 Å². The second-order valence-electron chi connectivity index (χ2n) is 7.02. The molecule has 1 fully saturated rings. The Kier molecular flexibility index (Phi) is 10.4. The normalized spacial score (nSPS) is 17.6. The largest absolute Gasteiger partial charge is 0.496 e. The van der Waals surface area contributed by atoms with Gasteiger partial charge in [0.05, 0.1) is 13.7 Å². The Balaban J connectivity index is 0.00000364. The van der Waals surface area contributed by atoms with E-state index in [1.165, 1.54) is 11.1 Å². The van der Waals surface area contributed by atoms with E-state index in [0.29, 0.717) is 6.61 Å². The minimum atomic E-state index is -0.0439. The SMILES string of the molecule is CN=C(NCC1(c2cc(C)ccc2OC)CCOCC1)NC(C)COC.I. The van der Waals surface area contributed by atoms with E-state index in [4.69, 9.17) is 14.2 Å². The monoisotopic (exact) mass is 491 g/mol. The van der Waals surface area contributed by atoms with Crippen molar-refractivity contribution in [3.05, 3.63) is 29.3 Å². The highest BCUT2D eigenvalue weighted by atomic mass is 127. The highest BCUT2D eigenvalue weighted by Crippen LogP contribution is 2.40. The van der Waals surface area contributed by atoms with Crippen LogP contribution in [-0.4, -0.2) is 59.6 Å². The number of halogens is 1. The quantitative estimate of drug-likeness (QED) is 0.349. The second-order valence-corrected chi connectivity index (χ2v) is 7.02. The average Bonchev–Trinajstić information content (AvgIpc) is 2.66. The van der Waals surface area contributed by atoms with Gasteiger partial charge in [0, 0.05) is 50.9 Å². The van der Waals surface area contributed by atoms with Crippen molar-refractivity contribution in [1.82, 2.24) is 10.6 Å². The number of hydrogen-bond donors (Lipinski definition) is 2. The van der Waals surface area contributed by atoms with Gasteiger partial charge in [-0.3, -0.25) is 4.99 Å². The van der Waals surface area contributed by atoms with Crippen LogP contribution in [0.1, 0.15) is 30.9 Å². The summed E-state index contributed by atoms with van der Waals surface area (Å²) in [6.45, 7) is 7.11. The lowest BCUT2D eigenvalue weighted by molar-refractivity contribution is 0.0505. The number of nitrogens with one attached hydrogen (secondary N) is 2. The van der Waals surface area contributed by atoms with Gasteiger partial charge >= 0.3 is 0 Å². The van der Waals surface area contributed by atoms with Crippen LogP contribution in [0, 0.1) is 6.92 Å². The zero-order valence-electron chi connectivity index (χ0n) is 17.1. The Hall–Kier alpha value is -1.06. The van der Waals surface area contributed by atoms with Crippen LogP contribution in [0.5, 0.6) is 5.75 Å². The number of methoxy groups -OCH3 is 2. The summed E-state index contributed by atoms with van der Waals surface area (Å²) >= 11 is 0. The van der Waals surface area contributed by atoms with Crippen molar-refractivity contribution in [2.24, 2.45) is 4.99 Å². The van der Waals surface area contributed by atoms with E-state index in [0.717, 1.165) is 44.3 Å². The van der Waals surface area contributed by atoms with E-state index in [1.807, 2.05) is 0 Å². The van der Waals surface area contributed by atoms with Crippen molar-refractivity contribution in [3.63, 3.8) is 0 Å². The molecule has 1 aromatic carbocycles. The summed E-state index contributed by atoms with van der Waals surface area (Å²) in [7, 11) is 5.23. The number of rotatable bonds is 7. The van der Waals surface area contributed by atoms with Crippen LogP contribution in [-0.2, 0) is 14.9 Å². The molecule has 1 aliphatic heterocycles. The van der Waals surface area contributed by atoms with Crippen LogP contribution in [0.4, 0.5) is 0 Å². The number of ether oxygens (including phenoxy) is 3. The van der Waals surface area contributed by atoms with Crippen LogP contribution in [0.3, 0.4) is 0 Å². The predicted molar refractivity (Wildman–Crippen MR) is 121 cm³/mol. The number of guanidine groups is 1. The third-order valence-corrected chi connectivity index (χ3v) is 4.99. The minimum absolute atomic E-state index is 0. The van der Waals surface area contributed by atoms with Gasteiger partial charge in [-0.2, -0.15) is 0 Å². The molecule has 1 unspecified atom stereocenters. The Labute approximate surface area is 180 Å². The van der Waals surface area contributed by atoms with Gasteiger partial charge in [0.1, 0.15) is 5.75 Å². The molecule has 1 saturated heterocycles. The molecule has 0 amide bonds. The van der Waals surface area contributed by atoms with Crippen molar-refractivity contribution < 1.29 is 14.2 Å². The lowest BCUT2D eigenvalue weighted by Crippen LogP contribution is -2.50. The number of aliphatic imine (C=N–C) groups is 1. The van der Waals surface area contributed by atoms with Crippen LogP contribution in [0.15, 0.2) is 23.2 Å². The molecule has 0 saturated carbocycles. The highest BCUT2D eigenvalue weighted by Gasteiger charge is 2.37. The second kappa shape index (κ2) is 11.7. The minimum Gasteiger partial charge on any atom is -0.496 e. The fraction of sp³-hybridized carbons (Fsp3) is 0.650. The number of aryl methyl sites for hydroxylation is 1. The molecule has 7 heteroatoms. The average molecular weight is 491 g/mol. The molecule has 27 heavy (non-hydrogen) atoms. The molecular weight excluding hydrogens is 457 g/mol. The molecule has 0 radical (unpaired) electrons. The molecule has 0 aromatic heterocycles. The van der Waals surface area contributed by atoms with E-state index in [-0.39, 0.29) is 35.4 Å². The molecule has 2 N–H and O–H groups in total. The molecule has 6 nitrogen and oxygen atoms in total. The van der Waals surface area contributed by atoms with Gasteiger partial charge in [0.2, 0.25) is 0 Å². The Morgan fingerprint density at radius 1 is 1.30 bits per heavy atom. The van der Waals surface area contributed by atoms with Gasteiger partial charge in [0.25, 0.3) is 0 Å². The summed E-state index contributed by atoms with van der Waals surface area (Å²) in [5.74, 6) is 1.72. The first-order valence-electron chi connectivity index (χ1n) is 9.23. The van der Waals surface area contributed by atoms with Gasteiger partial charge < -0.3 is 24.8 Å². The highest BCUT2D eigenvalue weighted by molar-refractivity contribution is 14.0. The first-order valence-corrected chi connectivity index (χ1v) is 9.23. The van der Waals surface area contributed by atoms with Crippen molar-refractivity contribution in [2.75, 3.05) is 47.6 Å². The molecule has 1 aromatic rings. The molecule has 1 heterocycles. The summed E-state index contributed by atoms with van der Waals surface area (Å²) in [4.78, 5) is 4.36. The zero-order valence-corrected chi connectivity index (χ0v) is 19.5. The maximum atomic E-state index is 5.68. The summed E-state index contributed by atoms with van der Waals surface area (Å²) < 4.78 is 16.5. The first-order chi connectivity index (χ1) is 12.5. The van der Waals surface area contributed by atoms with Crippen molar-refractivity contribution in [1.29, 1.82) is 0 Å². The molecule has 1 aliphatic rings. The molecule has 0 aliphatic carbocycles. The standard InChI is InChI=1S/C20H33N3O3.HI/c1-15-6-7-18(25-5)17(12-15)20(8-10-26-11-9-20)14-22-19(21-3)23-16(2)13-24-4;/h6-7,12,16H,8-11,13-14H2,1-5H3,(H2,21,22,23);1H. The Morgan fingerprint density at radius 2 is 2.00 bits per heavy atom. The molecule has 154 valence electrons. The number of nitrogens with zero attached hydrogens (tertiary/aromatic N) is 1. The van der Waals surface area contributed by atoms with Gasteiger partial charge in [-0.25, -0.2) is 0 Å². The Bertz CT molecular complexity index is 604. The van der Waals surface area contributed by atoms with Gasteiger partial charge in [0.15, 0.2) is 5.96 Å². The number of benzene rings is 1. The summed E-state index contributed by atoms with van der Waals surface area (Å²) in [6.07, 6.45) is 1.90. The van der Waals surface area contributed by atoms with Crippen LogP contribution >= 0.6 is 24.0 Å². The van der Waals surface area contributed by atoms with E-state index >= 15 is 0 Å². The Morgan fingerprint density at radius 3 is 2.59 bits per heavy atom. The van der Waals surface area contributed by atoms with Gasteiger partial charge in [-0.1, -0.05) is 17.7 Å². The van der Waals surface area contributed by atoms with Crippen molar-refractivity contribution in [3.8, 4) is 5.75 Å². The third kappa shape index (κ3) is 6.50. The topological polar surface area (TPSA) is 64.1 Å². The summed E-state index contributed by atoms with van der Waals surface area (Å²) in [6, 6.07) is 6.59. The lowest BCUT2D eigenvalue weighted by atomic mass is 9.73.